The van der Waals surface area contributed by atoms with Crippen molar-refractivity contribution in [3.05, 3.63) is 77.4 Å². The molecule has 0 aliphatic carbocycles. The van der Waals surface area contributed by atoms with Gasteiger partial charge in [-0.1, -0.05) is 29.5 Å². The molecule has 1 fully saturated rings. The summed E-state index contributed by atoms with van der Waals surface area (Å²) < 4.78 is 14.5. The molecule has 1 saturated heterocycles. The summed E-state index contributed by atoms with van der Waals surface area (Å²) in [6, 6.07) is 14.4. The predicted octanol–water partition coefficient (Wildman–Crippen LogP) is 3.73. The van der Waals surface area contributed by atoms with Crippen LogP contribution in [0.4, 0.5) is 4.39 Å². The Kier molecular flexibility index (Phi) is 4.71. The first-order valence-corrected chi connectivity index (χ1v) is 9.15. The Balaban J connectivity index is 1.43. The number of benzene rings is 2. The van der Waals surface area contributed by atoms with E-state index in [1.165, 1.54) is 27.9 Å². The first-order valence-electron chi connectivity index (χ1n) is 9.15. The van der Waals surface area contributed by atoms with Crippen LogP contribution in [0, 0.1) is 12.7 Å². The van der Waals surface area contributed by atoms with Gasteiger partial charge in [0.05, 0.1) is 11.9 Å². The van der Waals surface area contributed by atoms with Gasteiger partial charge in [0, 0.05) is 13.1 Å². The number of aryl methyl sites for hydroxylation is 1. The standard InChI is InChI=1S/C21H21FN4O/c1-15-4-2-3-5-19(15)16-10-12-25(13-11-16)21(27)20-14-26(24-23-20)18-8-6-17(22)7-9-18/h2-9,14,16H,10-13H2,1H3. The van der Waals surface area contributed by atoms with Crippen LogP contribution in [0.15, 0.2) is 54.7 Å². The van der Waals surface area contributed by atoms with Crippen LogP contribution in [0.3, 0.4) is 0 Å². The number of carbonyl (C=O) groups excluding carboxylic acids is 1. The van der Waals surface area contributed by atoms with E-state index < -0.39 is 0 Å². The average molecular weight is 364 g/mol. The number of hydrogen-bond donors (Lipinski definition) is 0. The molecule has 4 rings (SSSR count). The molecule has 1 aliphatic rings. The minimum Gasteiger partial charge on any atom is -0.337 e. The number of halogens is 1. The van der Waals surface area contributed by atoms with Crippen molar-refractivity contribution in [2.24, 2.45) is 0 Å². The predicted molar refractivity (Wildman–Crippen MR) is 100 cm³/mol. The van der Waals surface area contributed by atoms with Gasteiger partial charge in [0.2, 0.25) is 0 Å². The lowest BCUT2D eigenvalue weighted by Gasteiger charge is -2.32. The zero-order valence-corrected chi connectivity index (χ0v) is 15.2. The molecule has 3 aromatic rings. The fraction of sp³-hybridized carbons (Fsp3) is 0.286. The van der Waals surface area contributed by atoms with Crippen molar-refractivity contribution in [3.63, 3.8) is 0 Å². The molecule has 0 radical (unpaired) electrons. The summed E-state index contributed by atoms with van der Waals surface area (Å²) in [5.41, 5.74) is 3.67. The third-order valence-corrected chi connectivity index (χ3v) is 5.21. The molecule has 1 amide bonds. The molecule has 0 atom stereocenters. The zero-order chi connectivity index (χ0) is 18.8. The van der Waals surface area contributed by atoms with Crippen molar-refractivity contribution >= 4 is 5.91 Å². The summed E-state index contributed by atoms with van der Waals surface area (Å²) >= 11 is 0. The highest BCUT2D eigenvalue weighted by atomic mass is 19.1. The molecule has 1 aromatic heterocycles. The molecule has 0 unspecified atom stereocenters. The first kappa shape index (κ1) is 17.4. The minimum atomic E-state index is -0.313. The molecule has 0 bridgehead atoms. The summed E-state index contributed by atoms with van der Waals surface area (Å²) in [7, 11) is 0. The lowest BCUT2D eigenvalue weighted by atomic mass is 9.87. The van der Waals surface area contributed by atoms with E-state index in [0.717, 1.165) is 12.8 Å². The largest absolute Gasteiger partial charge is 0.337 e. The SMILES string of the molecule is Cc1ccccc1C1CCN(C(=O)c2cn(-c3ccc(F)cc3)nn2)CC1. The first-order chi connectivity index (χ1) is 13.1. The van der Waals surface area contributed by atoms with Gasteiger partial charge in [-0.3, -0.25) is 4.79 Å². The van der Waals surface area contributed by atoms with Crippen molar-refractivity contribution < 1.29 is 9.18 Å². The van der Waals surface area contributed by atoms with Crippen molar-refractivity contribution in [2.45, 2.75) is 25.7 Å². The Morgan fingerprint density at radius 1 is 1.07 bits per heavy atom. The molecule has 2 heterocycles. The molecule has 0 spiro atoms. The second kappa shape index (κ2) is 7.31. The van der Waals surface area contributed by atoms with E-state index in [1.54, 1.807) is 18.3 Å². The summed E-state index contributed by atoms with van der Waals surface area (Å²) in [5, 5.41) is 8.01. The van der Waals surface area contributed by atoms with E-state index in [4.69, 9.17) is 0 Å². The Labute approximate surface area is 157 Å². The lowest BCUT2D eigenvalue weighted by molar-refractivity contribution is 0.0707. The maximum Gasteiger partial charge on any atom is 0.276 e. The monoisotopic (exact) mass is 364 g/mol. The van der Waals surface area contributed by atoms with Gasteiger partial charge in [-0.15, -0.1) is 5.10 Å². The Bertz CT molecular complexity index is 943. The van der Waals surface area contributed by atoms with E-state index in [2.05, 4.69) is 41.5 Å². The molecule has 27 heavy (non-hydrogen) atoms. The highest BCUT2D eigenvalue weighted by molar-refractivity contribution is 5.92. The van der Waals surface area contributed by atoms with Crippen LogP contribution in [0.1, 0.15) is 40.4 Å². The molecule has 2 aromatic carbocycles. The maximum absolute atomic E-state index is 13.1. The summed E-state index contributed by atoms with van der Waals surface area (Å²) in [5.74, 6) is 0.0726. The molecule has 6 heteroatoms. The summed E-state index contributed by atoms with van der Waals surface area (Å²) in [6.45, 7) is 3.56. The second-order valence-corrected chi connectivity index (χ2v) is 6.95. The molecule has 0 saturated carbocycles. The smallest absolute Gasteiger partial charge is 0.276 e. The van der Waals surface area contributed by atoms with Crippen LogP contribution in [0.2, 0.25) is 0 Å². The van der Waals surface area contributed by atoms with Gasteiger partial charge in [-0.05, 0) is 61.1 Å². The van der Waals surface area contributed by atoms with Crippen LogP contribution >= 0.6 is 0 Å². The summed E-state index contributed by atoms with van der Waals surface area (Å²) in [4.78, 5) is 14.6. The van der Waals surface area contributed by atoms with Gasteiger partial charge >= 0.3 is 0 Å². The normalized spacial score (nSPS) is 15.1. The molecular formula is C21H21FN4O. The fourth-order valence-corrected chi connectivity index (χ4v) is 3.68. The van der Waals surface area contributed by atoms with Gasteiger partial charge in [0.1, 0.15) is 5.82 Å². The molecule has 138 valence electrons. The van der Waals surface area contributed by atoms with Gasteiger partial charge in [-0.2, -0.15) is 0 Å². The molecule has 5 nitrogen and oxygen atoms in total. The molecule has 1 aliphatic heterocycles. The number of hydrogen-bond acceptors (Lipinski definition) is 3. The number of piperidine rings is 1. The summed E-state index contributed by atoms with van der Waals surface area (Å²) in [6.07, 6.45) is 3.49. The molecular weight excluding hydrogens is 343 g/mol. The van der Waals surface area contributed by atoms with Crippen LogP contribution in [0.5, 0.6) is 0 Å². The number of amides is 1. The number of nitrogens with zero attached hydrogens (tertiary/aromatic N) is 4. The van der Waals surface area contributed by atoms with Crippen molar-refractivity contribution in [1.82, 2.24) is 19.9 Å². The van der Waals surface area contributed by atoms with Crippen molar-refractivity contribution in [2.75, 3.05) is 13.1 Å². The number of rotatable bonds is 3. The van der Waals surface area contributed by atoms with E-state index in [9.17, 15) is 9.18 Å². The Hall–Kier alpha value is -3.02. The Morgan fingerprint density at radius 3 is 2.48 bits per heavy atom. The van der Waals surface area contributed by atoms with Crippen LogP contribution < -0.4 is 0 Å². The minimum absolute atomic E-state index is 0.105. The fourth-order valence-electron chi connectivity index (χ4n) is 3.68. The van der Waals surface area contributed by atoms with Gasteiger partial charge in [0.15, 0.2) is 5.69 Å². The number of aromatic nitrogens is 3. The van der Waals surface area contributed by atoms with Crippen LogP contribution in [-0.2, 0) is 0 Å². The van der Waals surface area contributed by atoms with Crippen LogP contribution in [-0.4, -0.2) is 38.9 Å². The topological polar surface area (TPSA) is 51.0 Å². The molecule has 0 N–H and O–H groups in total. The van der Waals surface area contributed by atoms with E-state index in [1.807, 2.05) is 4.90 Å². The van der Waals surface area contributed by atoms with Crippen molar-refractivity contribution in [1.29, 1.82) is 0 Å². The van der Waals surface area contributed by atoms with Crippen LogP contribution in [0.25, 0.3) is 5.69 Å². The second-order valence-electron chi connectivity index (χ2n) is 6.95. The van der Waals surface area contributed by atoms with Gasteiger partial charge < -0.3 is 4.90 Å². The van der Waals surface area contributed by atoms with Crippen molar-refractivity contribution in [3.8, 4) is 5.69 Å². The lowest BCUT2D eigenvalue weighted by Crippen LogP contribution is -2.38. The quantitative estimate of drug-likeness (QED) is 0.711. The number of carbonyl (C=O) groups is 1. The highest BCUT2D eigenvalue weighted by Gasteiger charge is 2.26. The van der Waals surface area contributed by atoms with E-state index in [-0.39, 0.29) is 11.7 Å². The van der Waals surface area contributed by atoms with E-state index in [0.29, 0.717) is 30.4 Å². The number of likely N-dealkylation sites (tertiary alicyclic amines) is 1. The third-order valence-electron chi connectivity index (χ3n) is 5.21. The zero-order valence-electron chi connectivity index (χ0n) is 15.2. The van der Waals surface area contributed by atoms with Gasteiger partial charge in [-0.25, -0.2) is 9.07 Å². The average Bonchev–Trinajstić information content (AvgIpc) is 3.19. The van der Waals surface area contributed by atoms with Gasteiger partial charge in [0.25, 0.3) is 5.91 Å². The maximum atomic E-state index is 13.1. The van der Waals surface area contributed by atoms with E-state index >= 15 is 0 Å². The Morgan fingerprint density at radius 2 is 1.78 bits per heavy atom. The highest BCUT2D eigenvalue weighted by Crippen LogP contribution is 2.30. The third kappa shape index (κ3) is 3.60.